The van der Waals surface area contributed by atoms with Crippen LogP contribution in [-0.2, 0) is 17.7 Å². The minimum absolute atomic E-state index is 0.0205. The van der Waals surface area contributed by atoms with Crippen LogP contribution in [0.2, 0.25) is 5.02 Å². The second-order valence-electron chi connectivity index (χ2n) is 5.91. The topological polar surface area (TPSA) is 91.4 Å². The lowest BCUT2D eigenvalue weighted by molar-refractivity contribution is -0.384. The highest BCUT2D eigenvalue weighted by Crippen LogP contribution is 2.31. The number of rotatable bonds is 3. The molecular weight excluding hydrogens is 348 g/mol. The first-order chi connectivity index (χ1) is 12.0. The van der Waals surface area contributed by atoms with Crippen LogP contribution in [0.3, 0.4) is 0 Å². The highest BCUT2D eigenvalue weighted by atomic mass is 35.5. The summed E-state index contributed by atoms with van der Waals surface area (Å²) in [5, 5.41) is 11.2. The minimum Gasteiger partial charge on any atom is -0.462 e. The lowest BCUT2D eigenvalue weighted by Gasteiger charge is -2.18. The number of carbonyl (C=O) groups excluding carboxylic acids is 1. The Bertz CT molecular complexity index is 935. The van der Waals surface area contributed by atoms with E-state index in [4.69, 9.17) is 16.3 Å². The largest absolute Gasteiger partial charge is 0.462 e. The molecule has 0 saturated carbocycles. The number of nitrogens with zero attached hydrogens (tertiary/aromatic N) is 2. The van der Waals surface area contributed by atoms with Crippen molar-refractivity contribution in [2.75, 3.05) is 6.61 Å². The van der Waals surface area contributed by atoms with E-state index in [0.717, 1.165) is 25.3 Å². The van der Waals surface area contributed by atoms with Gasteiger partial charge >= 0.3 is 5.97 Å². The van der Waals surface area contributed by atoms with Crippen LogP contribution in [0.1, 0.15) is 42.2 Å². The lowest BCUT2D eigenvalue weighted by atomic mass is 10.0. The summed E-state index contributed by atoms with van der Waals surface area (Å²) in [7, 11) is 0. The Morgan fingerprint density at radius 1 is 1.36 bits per heavy atom. The fourth-order valence-electron chi connectivity index (χ4n) is 3.31. The summed E-state index contributed by atoms with van der Waals surface area (Å²) >= 11 is 6.04. The average Bonchev–Trinajstić information content (AvgIpc) is 2.80. The van der Waals surface area contributed by atoms with E-state index in [1.165, 1.54) is 6.07 Å². The molecule has 2 aromatic rings. The molecule has 0 bridgehead atoms. The first-order valence-electron chi connectivity index (χ1n) is 8.16. The maximum Gasteiger partial charge on any atom is 0.343 e. The summed E-state index contributed by atoms with van der Waals surface area (Å²) in [4.78, 5) is 35.8. The van der Waals surface area contributed by atoms with Crippen LogP contribution in [0.5, 0.6) is 0 Å². The lowest BCUT2D eigenvalue weighted by Crippen LogP contribution is -2.25. The number of esters is 1. The van der Waals surface area contributed by atoms with Crippen LogP contribution in [-0.4, -0.2) is 22.1 Å². The van der Waals surface area contributed by atoms with Gasteiger partial charge in [-0.25, -0.2) is 4.79 Å². The molecular formula is C17H17ClN2O5. The van der Waals surface area contributed by atoms with Gasteiger partial charge in [0.15, 0.2) is 0 Å². The number of nitro groups is 1. The summed E-state index contributed by atoms with van der Waals surface area (Å²) in [6.45, 7) is 2.43. The number of ether oxygens (including phenoxy) is 1. The maximum atomic E-state index is 12.9. The first kappa shape index (κ1) is 17.4. The summed E-state index contributed by atoms with van der Waals surface area (Å²) in [5.74, 6) is -0.683. The molecule has 0 amide bonds. The van der Waals surface area contributed by atoms with Gasteiger partial charge in [-0.15, -0.1) is 0 Å². The molecule has 0 fully saturated rings. The van der Waals surface area contributed by atoms with Crippen LogP contribution >= 0.6 is 11.6 Å². The highest BCUT2D eigenvalue weighted by molar-refractivity contribution is 6.33. The Kier molecular flexibility index (Phi) is 4.76. The number of fused-ring (bicyclic) bond motifs is 3. The third-order valence-corrected chi connectivity index (χ3v) is 4.72. The molecule has 132 valence electrons. The smallest absolute Gasteiger partial charge is 0.343 e. The van der Waals surface area contributed by atoms with Crippen LogP contribution in [0.25, 0.3) is 10.9 Å². The van der Waals surface area contributed by atoms with E-state index in [1.54, 1.807) is 6.92 Å². The van der Waals surface area contributed by atoms with Crippen LogP contribution in [0.4, 0.5) is 5.69 Å². The van der Waals surface area contributed by atoms with E-state index in [9.17, 15) is 19.7 Å². The molecule has 1 aliphatic heterocycles. The summed E-state index contributed by atoms with van der Waals surface area (Å²) in [6, 6.07) is 2.60. The molecule has 3 rings (SSSR count). The Hall–Kier alpha value is -2.41. The minimum atomic E-state index is -0.683. The molecule has 1 aromatic heterocycles. The second-order valence-corrected chi connectivity index (χ2v) is 6.32. The van der Waals surface area contributed by atoms with E-state index in [-0.39, 0.29) is 28.3 Å². The predicted octanol–water partition coefficient (Wildman–Crippen LogP) is 3.47. The molecule has 25 heavy (non-hydrogen) atoms. The normalized spacial score (nSPS) is 14.0. The molecule has 2 heterocycles. The van der Waals surface area contributed by atoms with Crippen molar-refractivity contribution in [3.63, 3.8) is 0 Å². The van der Waals surface area contributed by atoms with Crippen molar-refractivity contribution < 1.29 is 14.5 Å². The molecule has 0 radical (unpaired) electrons. The molecule has 1 aliphatic rings. The number of carbonyl (C=O) groups is 1. The molecule has 1 aromatic carbocycles. The Morgan fingerprint density at radius 2 is 2.12 bits per heavy atom. The molecule has 0 aliphatic carbocycles. The summed E-state index contributed by atoms with van der Waals surface area (Å²) in [5.41, 5.74) is 0.230. The number of benzene rings is 1. The number of hydrogen-bond donors (Lipinski definition) is 0. The predicted molar refractivity (Wildman–Crippen MR) is 93.4 cm³/mol. The van der Waals surface area contributed by atoms with Crippen molar-refractivity contribution in [3.05, 3.63) is 48.8 Å². The van der Waals surface area contributed by atoms with Gasteiger partial charge in [0.05, 0.1) is 22.4 Å². The molecule has 0 spiro atoms. The van der Waals surface area contributed by atoms with Crippen LogP contribution in [0.15, 0.2) is 16.9 Å². The Balaban J connectivity index is 2.42. The van der Waals surface area contributed by atoms with E-state index in [1.807, 2.05) is 4.57 Å². The highest BCUT2D eigenvalue weighted by Gasteiger charge is 2.26. The molecule has 0 N–H and O–H groups in total. The van der Waals surface area contributed by atoms with Gasteiger partial charge < -0.3 is 9.30 Å². The standard InChI is InChI=1S/C17H17ClN2O5/c1-2-25-17(22)15-12-6-4-3-5-7-19(12)13-9-11(18)14(20(23)24)8-10(13)16(15)21/h8-9H,2-7H2,1H3. The quantitative estimate of drug-likeness (QED) is 0.472. The van der Waals surface area contributed by atoms with Crippen molar-refractivity contribution in [3.8, 4) is 0 Å². The van der Waals surface area contributed by atoms with Crippen molar-refractivity contribution in [1.29, 1.82) is 0 Å². The van der Waals surface area contributed by atoms with E-state index >= 15 is 0 Å². The number of halogens is 1. The molecule has 0 atom stereocenters. The third kappa shape index (κ3) is 3.00. The number of aryl methyl sites for hydroxylation is 1. The van der Waals surface area contributed by atoms with Crippen molar-refractivity contribution in [2.24, 2.45) is 0 Å². The van der Waals surface area contributed by atoms with Crippen molar-refractivity contribution in [1.82, 2.24) is 4.57 Å². The molecule has 7 nitrogen and oxygen atoms in total. The molecule has 0 saturated heterocycles. The fraction of sp³-hybridized carbons (Fsp3) is 0.412. The van der Waals surface area contributed by atoms with Gasteiger partial charge in [0.1, 0.15) is 10.6 Å². The Morgan fingerprint density at radius 3 is 2.80 bits per heavy atom. The molecule has 0 unspecified atom stereocenters. The summed E-state index contributed by atoms with van der Waals surface area (Å²) in [6.07, 6.45) is 3.30. The van der Waals surface area contributed by atoms with Crippen molar-refractivity contribution >= 4 is 34.2 Å². The van der Waals surface area contributed by atoms with Gasteiger partial charge in [0.25, 0.3) is 5.69 Å². The zero-order valence-corrected chi connectivity index (χ0v) is 14.5. The van der Waals surface area contributed by atoms with E-state index < -0.39 is 16.3 Å². The van der Waals surface area contributed by atoms with Gasteiger partial charge in [0, 0.05) is 18.3 Å². The van der Waals surface area contributed by atoms with Gasteiger partial charge in [-0.05, 0) is 32.3 Å². The number of hydrogen-bond acceptors (Lipinski definition) is 5. The van der Waals surface area contributed by atoms with Gasteiger partial charge in [-0.3, -0.25) is 14.9 Å². The fourth-order valence-corrected chi connectivity index (χ4v) is 3.54. The zero-order chi connectivity index (χ0) is 18.1. The maximum absolute atomic E-state index is 12.9. The van der Waals surface area contributed by atoms with Crippen LogP contribution < -0.4 is 5.43 Å². The van der Waals surface area contributed by atoms with E-state index in [2.05, 4.69) is 0 Å². The second kappa shape index (κ2) is 6.84. The van der Waals surface area contributed by atoms with Crippen molar-refractivity contribution in [2.45, 2.75) is 39.2 Å². The average molecular weight is 365 g/mol. The monoisotopic (exact) mass is 364 g/mol. The van der Waals surface area contributed by atoms with Gasteiger partial charge in [-0.1, -0.05) is 18.0 Å². The van der Waals surface area contributed by atoms with Gasteiger partial charge in [-0.2, -0.15) is 0 Å². The van der Waals surface area contributed by atoms with Gasteiger partial charge in [0.2, 0.25) is 5.43 Å². The molecule has 8 heteroatoms. The van der Waals surface area contributed by atoms with E-state index in [0.29, 0.717) is 24.2 Å². The summed E-state index contributed by atoms with van der Waals surface area (Å²) < 4.78 is 6.93. The zero-order valence-electron chi connectivity index (χ0n) is 13.7. The third-order valence-electron chi connectivity index (χ3n) is 4.41. The SMILES string of the molecule is CCOC(=O)c1c2n(c3cc(Cl)c([N+](=O)[O-])cc3c1=O)CCCCC2. The van der Waals surface area contributed by atoms with Crippen LogP contribution in [0, 0.1) is 10.1 Å². The number of aromatic nitrogens is 1. The Labute approximate surface area is 148 Å². The number of nitro benzene ring substituents is 1. The number of pyridine rings is 1. The first-order valence-corrected chi connectivity index (χ1v) is 8.54.